The van der Waals surface area contributed by atoms with Gasteiger partial charge in [0, 0.05) is 47.7 Å². The van der Waals surface area contributed by atoms with Gasteiger partial charge in [0.1, 0.15) is 5.75 Å². The van der Waals surface area contributed by atoms with Crippen molar-refractivity contribution in [1.82, 2.24) is 19.5 Å². The van der Waals surface area contributed by atoms with Crippen molar-refractivity contribution in [2.45, 2.75) is 13.0 Å². The van der Waals surface area contributed by atoms with Crippen LogP contribution in [0, 0.1) is 0 Å². The molecule has 1 saturated heterocycles. The Labute approximate surface area is 193 Å². The molecule has 33 heavy (non-hydrogen) atoms. The van der Waals surface area contributed by atoms with Crippen LogP contribution in [0.3, 0.4) is 0 Å². The fraction of sp³-hybridized carbons (Fsp3) is 0.350. The van der Waals surface area contributed by atoms with Gasteiger partial charge < -0.3 is 9.15 Å². The Hall–Kier alpha value is -2.77. The van der Waals surface area contributed by atoms with Crippen molar-refractivity contribution in [1.29, 1.82) is 0 Å². The molecule has 9 nitrogen and oxygen atoms in total. The number of hydrogen-bond donors (Lipinski definition) is 0. The summed E-state index contributed by atoms with van der Waals surface area (Å²) in [6.07, 6.45) is -1.41. The van der Waals surface area contributed by atoms with Crippen LogP contribution in [0.25, 0.3) is 11.5 Å². The molecule has 3 aromatic rings. The third-order valence-corrected chi connectivity index (χ3v) is 7.69. The van der Waals surface area contributed by atoms with E-state index in [2.05, 4.69) is 15.2 Å². The minimum Gasteiger partial charge on any atom is -0.497 e. The van der Waals surface area contributed by atoms with E-state index in [1.807, 2.05) is 6.07 Å². The standard InChI is InChI=1S/C20H21F2N5O4S2/c1-30-17-4-2-3-16(11-17)27(33(29)26-7-9-32(28)10-8-26)13-15-6-5-14(12-23-15)19-24-25-20(31-19)18(21)22/h2-6,11-12,18H,7-10,13H2,1H3. The van der Waals surface area contributed by atoms with Gasteiger partial charge in [0.05, 0.1) is 30.6 Å². The van der Waals surface area contributed by atoms with Gasteiger partial charge in [-0.3, -0.25) is 13.5 Å². The second kappa shape index (κ2) is 10.4. The molecule has 176 valence electrons. The second-order valence-corrected chi connectivity index (χ2v) is 10.1. The van der Waals surface area contributed by atoms with E-state index in [4.69, 9.17) is 9.15 Å². The van der Waals surface area contributed by atoms with Crippen molar-refractivity contribution in [3.05, 3.63) is 54.2 Å². The molecule has 4 rings (SSSR count). The maximum atomic E-state index is 13.5. The summed E-state index contributed by atoms with van der Waals surface area (Å²) < 4.78 is 64.3. The molecule has 1 unspecified atom stereocenters. The van der Waals surface area contributed by atoms with Gasteiger partial charge in [-0.2, -0.15) is 8.78 Å². The quantitative estimate of drug-likeness (QED) is 0.472. The highest BCUT2D eigenvalue weighted by Crippen LogP contribution is 2.27. The molecule has 1 aliphatic rings. The summed E-state index contributed by atoms with van der Waals surface area (Å²) in [6, 6.07) is 10.5. The molecule has 3 heterocycles. The lowest BCUT2D eigenvalue weighted by molar-refractivity contribution is 0.116. The summed E-state index contributed by atoms with van der Waals surface area (Å²) >= 11 is -1.55. The molecule has 0 aliphatic carbocycles. The molecule has 0 N–H and O–H groups in total. The molecular weight excluding hydrogens is 476 g/mol. The molecular formula is C20H21F2N5O4S2. The Morgan fingerprint density at radius 3 is 2.67 bits per heavy atom. The first-order valence-corrected chi connectivity index (χ1v) is 12.5. The number of nitrogens with zero attached hydrogens (tertiary/aromatic N) is 5. The zero-order valence-electron chi connectivity index (χ0n) is 17.6. The molecule has 1 fully saturated rings. The van der Waals surface area contributed by atoms with Gasteiger partial charge in [0.15, 0.2) is 11.2 Å². The predicted molar refractivity (Wildman–Crippen MR) is 119 cm³/mol. The lowest BCUT2D eigenvalue weighted by Crippen LogP contribution is -2.45. The van der Waals surface area contributed by atoms with Crippen molar-refractivity contribution in [3.8, 4) is 17.2 Å². The van der Waals surface area contributed by atoms with E-state index in [0.717, 1.165) is 0 Å². The minimum absolute atomic E-state index is 0.0566. The van der Waals surface area contributed by atoms with E-state index in [1.165, 1.54) is 6.20 Å². The maximum absolute atomic E-state index is 13.5. The average molecular weight is 498 g/mol. The smallest absolute Gasteiger partial charge is 0.314 e. The summed E-state index contributed by atoms with van der Waals surface area (Å²) in [4.78, 5) is 4.37. The first kappa shape index (κ1) is 23.4. The Bertz CT molecular complexity index is 1140. The third-order valence-electron chi connectivity index (χ3n) is 4.89. The largest absolute Gasteiger partial charge is 0.497 e. The number of pyridine rings is 1. The van der Waals surface area contributed by atoms with Crippen LogP contribution in [-0.2, 0) is 28.5 Å². The Balaban J connectivity index is 1.57. The first-order chi connectivity index (χ1) is 15.9. The van der Waals surface area contributed by atoms with Crippen LogP contribution in [-0.4, -0.2) is 59.6 Å². The van der Waals surface area contributed by atoms with Crippen LogP contribution < -0.4 is 9.04 Å². The van der Waals surface area contributed by atoms with E-state index >= 15 is 0 Å². The number of halogens is 2. The fourth-order valence-electron chi connectivity index (χ4n) is 3.15. The van der Waals surface area contributed by atoms with E-state index in [1.54, 1.807) is 46.1 Å². The Morgan fingerprint density at radius 2 is 2.03 bits per heavy atom. The molecule has 1 aliphatic heterocycles. The Morgan fingerprint density at radius 1 is 1.24 bits per heavy atom. The predicted octanol–water partition coefficient (Wildman–Crippen LogP) is 2.73. The number of alkyl halides is 2. The first-order valence-electron chi connectivity index (χ1n) is 9.95. The molecule has 0 spiro atoms. The number of benzene rings is 1. The lowest BCUT2D eigenvalue weighted by Gasteiger charge is -2.32. The van der Waals surface area contributed by atoms with Crippen LogP contribution in [0.2, 0.25) is 0 Å². The fourth-order valence-corrected chi connectivity index (χ4v) is 5.74. The van der Waals surface area contributed by atoms with Crippen LogP contribution in [0.1, 0.15) is 18.0 Å². The number of methoxy groups -OCH3 is 1. The average Bonchev–Trinajstić information content (AvgIpc) is 3.34. The van der Waals surface area contributed by atoms with Crippen molar-refractivity contribution >= 4 is 27.7 Å². The van der Waals surface area contributed by atoms with Crippen LogP contribution >= 0.6 is 0 Å². The number of anilines is 1. The number of rotatable bonds is 8. The molecule has 0 saturated carbocycles. The normalized spacial score (nSPS) is 16.1. The SMILES string of the molecule is COc1cccc(N(Cc2ccc(-c3nnc(C(F)F)o3)cn2)S(=O)N2CCS(=O)CC2)c1. The number of ether oxygens (including phenoxy) is 1. The molecule has 0 amide bonds. The minimum atomic E-state index is -2.85. The zero-order chi connectivity index (χ0) is 23.4. The second-order valence-electron chi connectivity index (χ2n) is 7.03. The molecule has 0 radical (unpaired) electrons. The van der Waals surface area contributed by atoms with E-state index in [9.17, 15) is 17.2 Å². The van der Waals surface area contributed by atoms with Crippen LogP contribution in [0.15, 0.2) is 47.0 Å². The van der Waals surface area contributed by atoms with Gasteiger partial charge in [-0.25, -0.2) is 8.51 Å². The number of hydrogen-bond acceptors (Lipinski definition) is 7. The molecule has 2 aromatic heterocycles. The van der Waals surface area contributed by atoms with Gasteiger partial charge >= 0.3 is 6.43 Å². The van der Waals surface area contributed by atoms with Crippen LogP contribution in [0.5, 0.6) is 5.75 Å². The topological polar surface area (TPSA) is 102 Å². The van der Waals surface area contributed by atoms with Crippen molar-refractivity contribution in [2.24, 2.45) is 0 Å². The summed E-state index contributed by atoms with van der Waals surface area (Å²) in [7, 11) is 0.659. The summed E-state index contributed by atoms with van der Waals surface area (Å²) in [5.41, 5.74) is 1.65. The highest BCUT2D eigenvalue weighted by atomic mass is 32.2. The van der Waals surface area contributed by atoms with E-state index in [-0.39, 0.29) is 12.4 Å². The number of aromatic nitrogens is 3. The monoisotopic (exact) mass is 497 g/mol. The van der Waals surface area contributed by atoms with E-state index in [0.29, 0.717) is 47.3 Å². The van der Waals surface area contributed by atoms with Crippen LogP contribution in [0.4, 0.5) is 14.5 Å². The van der Waals surface area contributed by atoms with Gasteiger partial charge in [-0.05, 0) is 24.3 Å². The summed E-state index contributed by atoms with van der Waals surface area (Å²) in [5, 5.41) is 6.94. The highest BCUT2D eigenvalue weighted by molar-refractivity contribution is 7.86. The van der Waals surface area contributed by atoms with Gasteiger partial charge in [-0.1, -0.05) is 6.07 Å². The van der Waals surface area contributed by atoms with Crippen molar-refractivity contribution in [2.75, 3.05) is 36.0 Å². The highest BCUT2D eigenvalue weighted by Gasteiger charge is 2.26. The van der Waals surface area contributed by atoms with Gasteiger partial charge in [0.25, 0.3) is 5.89 Å². The van der Waals surface area contributed by atoms with Crippen molar-refractivity contribution < 1.29 is 26.4 Å². The summed E-state index contributed by atoms with van der Waals surface area (Å²) in [5.74, 6) is 0.740. The third kappa shape index (κ3) is 5.60. The van der Waals surface area contributed by atoms with E-state index < -0.39 is 34.3 Å². The molecule has 1 atom stereocenters. The van der Waals surface area contributed by atoms with Gasteiger partial charge in [-0.15, -0.1) is 10.2 Å². The Kier molecular flexibility index (Phi) is 7.40. The summed E-state index contributed by atoms with van der Waals surface area (Å²) in [6.45, 7) is 1.11. The zero-order valence-corrected chi connectivity index (χ0v) is 19.2. The molecule has 0 bridgehead atoms. The molecule has 1 aromatic carbocycles. The lowest BCUT2D eigenvalue weighted by atomic mass is 10.2. The van der Waals surface area contributed by atoms with Gasteiger partial charge in [0.2, 0.25) is 5.89 Å². The maximum Gasteiger partial charge on any atom is 0.314 e. The van der Waals surface area contributed by atoms with Crippen molar-refractivity contribution in [3.63, 3.8) is 0 Å². The molecule has 13 heteroatoms.